The fourth-order valence-electron chi connectivity index (χ4n) is 3.37. The van der Waals surface area contributed by atoms with Gasteiger partial charge in [0.15, 0.2) is 6.29 Å². The van der Waals surface area contributed by atoms with Gasteiger partial charge in [0.25, 0.3) is 0 Å². The van der Waals surface area contributed by atoms with E-state index in [-0.39, 0.29) is 6.29 Å². The molecule has 1 fully saturated rings. The Morgan fingerprint density at radius 2 is 1.96 bits per heavy atom. The van der Waals surface area contributed by atoms with Gasteiger partial charge in [-0.2, -0.15) is 0 Å². The van der Waals surface area contributed by atoms with Crippen LogP contribution in [-0.2, 0) is 9.47 Å². The minimum Gasteiger partial charge on any atom is -0.497 e. The largest absolute Gasteiger partial charge is 0.497 e. The van der Waals surface area contributed by atoms with Gasteiger partial charge in [-0.05, 0) is 45.7 Å². The number of benzene rings is 1. The van der Waals surface area contributed by atoms with Crippen molar-refractivity contribution in [1.29, 1.82) is 0 Å². The Labute approximate surface area is 147 Å². The summed E-state index contributed by atoms with van der Waals surface area (Å²) < 4.78 is 16.8. The Balaban J connectivity index is 1.94. The molecule has 0 radical (unpaired) electrons. The minimum absolute atomic E-state index is 0.289. The van der Waals surface area contributed by atoms with Crippen molar-refractivity contribution in [3.05, 3.63) is 76.2 Å². The lowest BCUT2D eigenvalue weighted by atomic mass is 9.97. The Hall–Kier alpha value is -2.36. The van der Waals surface area contributed by atoms with Crippen LogP contribution >= 0.6 is 0 Å². The molecule has 0 aromatic heterocycles. The molecule has 0 amide bonds. The van der Waals surface area contributed by atoms with Gasteiger partial charge in [0, 0.05) is 5.57 Å². The predicted octanol–water partition coefficient (Wildman–Crippen LogP) is 2.63. The van der Waals surface area contributed by atoms with Gasteiger partial charge in [-0.3, -0.25) is 0 Å². The second-order valence-electron chi connectivity index (χ2n) is 6.45. The van der Waals surface area contributed by atoms with Crippen molar-refractivity contribution in [3.8, 4) is 5.75 Å². The molecule has 2 aliphatic carbocycles. The van der Waals surface area contributed by atoms with Crippen molar-refractivity contribution >= 4 is 11.6 Å². The molecule has 3 aliphatic rings. The summed E-state index contributed by atoms with van der Waals surface area (Å²) in [7, 11) is 1.70. The lowest BCUT2D eigenvalue weighted by molar-refractivity contribution is -0.00826. The molecule has 1 aromatic carbocycles. The molecule has 128 valence electrons. The van der Waals surface area contributed by atoms with E-state index in [1.165, 1.54) is 16.4 Å². The third-order valence-electron chi connectivity index (χ3n) is 4.65. The van der Waals surface area contributed by atoms with Crippen LogP contribution in [0.15, 0.2) is 65.8 Å². The average molecular weight is 334 g/mol. The zero-order valence-corrected chi connectivity index (χ0v) is 14.6. The topological polar surface area (TPSA) is 27.7 Å². The third kappa shape index (κ3) is 3.26. The Bertz CT molecular complexity index is 909. The van der Waals surface area contributed by atoms with Crippen molar-refractivity contribution in [2.45, 2.75) is 13.2 Å². The van der Waals surface area contributed by atoms with Crippen LogP contribution < -0.4 is 15.2 Å². The van der Waals surface area contributed by atoms with Crippen LogP contribution in [0.1, 0.15) is 6.92 Å². The molecule has 0 saturated carbocycles. The highest BCUT2D eigenvalue weighted by Gasteiger charge is 2.21. The second kappa shape index (κ2) is 6.87. The quantitative estimate of drug-likeness (QED) is 0.850. The first-order chi connectivity index (χ1) is 12.2. The molecule has 1 aromatic rings. The summed E-state index contributed by atoms with van der Waals surface area (Å²) in [5.74, 6) is 1.31. The summed E-state index contributed by atoms with van der Waals surface area (Å²) in [6, 6.07) is 6.21. The highest BCUT2D eigenvalue weighted by atomic mass is 16.7. The van der Waals surface area contributed by atoms with Gasteiger partial charge < -0.3 is 14.2 Å². The van der Waals surface area contributed by atoms with Crippen LogP contribution in [0.2, 0.25) is 0 Å². The molecule has 0 spiro atoms. The minimum atomic E-state index is -0.289. The average Bonchev–Trinajstić information content (AvgIpc) is 3.27. The molecule has 0 N–H and O–H groups in total. The zero-order valence-electron chi connectivity index (χ0n) is 14.6. The van der Waals surface area contributed by atoms with E-state index < -0.39 is 0 Å². The van der Waals surface area contributed by atoms with E-state index in [0.717, 1.165) is 16.5 Å². The predicted molar refractivity (Wildman–Crippen MR) is 99.4 cm³/mol. The number of ether oxygens (including phenoxy) is 3. The molecule has 1 saturated heterocycles. The molecule has 0 bridgehead atoms. The van der Waals surface area contributed by atoms with Gasteiger partial charge in [-0.25, -0.2) is 0 Å². The number of allylic oxidation sites excluding steroid dienone is 6. The molecule has 25 heavy (non-hydrogen) atoms. The number of fused-ring (bicyclic) bond motifs is 1. The molecular weight excluding hydrogens is 312 g/mol. The summed E-state index contributed by atoms with van der Waals surface area (Å²) in [4.78, 5) is 0. The number of hydrogen-bond acceptors (Lipinski definition) is 3. The summed E-state index contributed by atoms with van der Waals surface area (Å²) in [6.45, 7) is 3.48. The second-order valence-corrected chi connectivity index (χ2v) is 6.45. The third-order valence-corrected chi connectivity index (χ3v) is 4.65. The van der Waals surface area contributed by atoms with E-state index >= 15 is 0 Å². The molecule has 1 atom stereocenters. The van der Waals surface area contributed by atoms with Gasteiger partial charge in [0.05, 0.1) is 20.3 Å². The van der Waals surface area contributed by atoms with Crippen LogP contribution in [-0.4, -0.2) is 26.6 Å². The van der Waals surface area contributed by atoms with Crippen molar-refractivity contribution < 1.29 is 14.2 Å². The normalized spacial score (nSPS) is 22.8. The van der Waals surface area contributed by atoms with Crippen molar-refractivity contribution in [3.63, 3.8) is 0 Å². The Morgan fingerprint density at radius 3 is 2.68 bits per heavy atom. The van der Waals surface area contributed by atoms with Crippen LogP contribution in [0.5, 0.6) is 5.75 Å². The maximum Gasteiger partial charge on any atom is 0.184 e. The van der Waals surface area contributed by atoms with Crippen LogP contribution in [0.25, 0.3) is 11.6 Å². The Morgan fingerprint density at radius 1 is 1.12 bits per heavy atom. The standard InChI is InChI=1S/C22H22O3/c1-15-6-7-17(12-15)21-14-18(22-24-10-11-25-22)5-3-4-16-13-19(23-2)8-9-20(16)21/h3-9,12-15,22H,10-11H2,1-2H3. The highest BCUT2D eigenvalue weighted by Crippen LogP contribution is 2.26. The van der Waals surface area contributed by atoms with Gasteiger partial charge in [-0.15, -0.1) is 0 Å². The number of methoxy groups -OCH3 is 1. The highest BCUT2D eigenvalue weighted by molar-refractivity contribution is 5.79. The maximum absolute atomic E-state index is 5.72. The molecule has 3 nitrogen and oxygen atoms in total. The first-order valence-electron chi connectivity index (χ1n) is 8.66. The molecule has 3 heteroatoms. The van der Waals surface area contributed by atoms with E-state index in [1.54, 1.807) is 7.11 Å². The molecule has 1 aliphatic heterocycles. The van der Waals surface area contributed by atoms with Crippen LogP contribution in [0.3, 0.4) is 0 Å². The maximum atomic E-state index is 5.72. The van der Waals surface area contributed by atoms with Gasteiger partial charge in [0.2, 0.25) is 0 Å². The smallest absolute Gasteiger partial charge is 0.184 e. The van der Waals surface area contributed by atoms with E-state index in [1.807, 2.05) is 12.1 Å². The van der Waals surface area contributed by atoms with E-state index in [0.29, 0.717) is 19.1 Å². The fourth-order valence-corrected chi connectivity index (χ4v) is 3.37. The van der Waals surface area contributed by atoms with Crippen molar-refractivity contribution in [1.82, 2.24) is 0 Å². The van der Waals surface area contributed by atoms with Crippen molar-refractivity contribution in [2.24, 2.45) is 5.92 Å². The first kappa shape index (κ1) is 16.1. The Kier molecular flexibility index (Phi) is 4.43. The van der Waals surface area contributed by atoms with Crippen LogP contribution in [0, 0.1) is 5.92 Å². The van der Waals surface area contributed by atoms with E-state index in [4.69, 9.17) is 14.2 Å². The lowest BCUT2D eigenvalue weighted by Crippen LogP contribution is -2.28. The monoisotopic (exact) mass is 334 g/mol. The molecule has 4 rings (SSSR count). The fraction of sp³-hybridized carbons (Fsp3) is 0.273. The summed E-state index contributed by atoms with van der Waals surface area (Å²) in [5, 5.41) is 2.33. The summed E-state index contributed by atoms with van der Waals surface area (Å²) >= 11 is 0. The molecule has 1 heterocycles. The number of hydrogen-bond donors (Lipinski definition) is 0. The van der Waals surface area contributed by atoms with Crippen LogP contribution in [0.4, 0.5) is 0 Å². The SMILES string of the molecule is COc1ccc2c(c1)=CC=CC(C1OCCO1)=CC=2C1=CC(C)C=C1. The van der Waals surface area contributed by atoms with Gasteiger partial charge >= 0.3 is 0 Å². The molecular formula is C22H22O3. The van der Waals surface area contributed by atoms with E-state index in [2.05, 4.69) is 55.5 Å². The zero-order chi connectivity index (χ0) is 17.2. The number of rotatable bonds is 3. The molecule has 1 unspecified atom stereocenters. The summed E-state index contributed by atoms with van der Waals surface area (Å²) in [6.07, 6.45) is 14.8. The van der Waals surface area contributed by atoms with Gasteiger partial charge in [0.1, 0.15) is 5.75 Å². The summed E-state index contributed by atoms with van der Waals surface area (Å²) in [5.41, 5.74) is 3.46. The van der Waals surface area contributed by atoms with Gasteiger partial charge in [-0.1, -0.05) is 49.4 Å². The van der Waals surface area contributed by atoms with E-state index in [9.17, 15) is 0 Å². The van der Waals surface area contributed by atoms with Crippen molar-refractivity contribution in [2.75, 3.05) is 20.3 Å². The lowest BCUT2D eigenvalue weighted by Gasteiger charge is -2.14. The first-order valence-corrected chi connectivity index (χ1v) is 8.66.